The molecule has 2 aromatic rings. The van der Waals surface area contributed by atoms with Gasteiger partial charge in [0.05, 0.1) is 5.02 Å². The summed E-state index contributed by atoms with van der Waals surface area (Å²) >= 11 is 6.93. The van der Waals surface area contributed by atoms with Gasteiger partial charge in [0.25, 0.3) is 0 Å². The van der Waals surface area contributed by atoms with Gasteiger partial charge in [-0.2, -0.15) is 0 Å². The van der Waals surface area contributed by atoms with Crippen molar-refractivity contribution in [3.8, 4) is 10.9 Å². The van der Waals surface area contributed by atoms with Crippen LogP contribution in [0.2, 0.25) is 5.02 Å². The fourth-order valence-electron chi connectivity index (χ4n) is 0.787. The molecular weight excluding hydrogens is 210 g/mol. The minimum atomic E-state index is 0.383. The number of aromatic nitrogens is 3. The largest absolute Gasteiger partial charge is 0.427 e. The predicted molar refractivity (Wildman–Crippen MR) is 49.2 cm³/mol. The van der Waals surface area contributed by atoms with Crippen molar-refractivity contribution in [2.24, 2.45) is 0 Å². The van der Waals surface area contributed by atoms with E-state index < -0.39 is 0 Å². The lowest BCUT2D eigenvalue weighted by Crippen LogP contribution is -1.83. The predicted octanol–water partition coefficient (Wildman–Crippen LogP) is 2.38. The number of hydrogen-bond acceptors (Lipinski definition) is 5. The number of rotatable bonds is 2. The molecule has 13 heavy (non-hydrogen) atoms. The molecule has 0 unspecified atom stereocenters. The molecule has 1 heterocycles. The smallest absolute Gasteiger partial charge is 0.319 e. The fraction of sp³-hybridized carbons (Fsp3) is 0. The molecule has 0 atom stereocenters. The zero-order valence-corrected chi connectivity index (χ0v) is 7.92. The molecule has 0 amide bonds. The zero-order chi connectivity index (χ0) is 9.10. The summed E-state index contributed by atoms with van der Waals surface area (Å²) in [5.74, 6) is 0.558. The van der Waals surface area contributed by atoms with Crippen molar-refractivity contribution in [3.05, 3.63) is 29.3 Å². The first-order valence-electron chi connectivity index (χ1n) is 3.43. The van der Waals surface area contributed by atoms with Crippen LogP contribution in [0.5, 0.6) is 10.9 Å². The van der Waals surface area contributed by atoms with E-state index >= 15 is 0 Å². The summed E-state index contributed by atoms with van der Waals surface area (Å²) in [7, 11) is 0. The van der Waals surface area contributed by atoms with E-state index in [0.717, 1.165) is 11.5 Å². The monoisotopic (exact) mass is 213 g/mol. The third-order valence-electron chi connectivity index (χ3n) is 1.32. The van der Waals surface area contributed by atoms with Gasteiger partial charge >= 0.3 is 5.19 Å². The van der Waals surface area contributed by atoms with Crippen LogP contribution in [0.15, 0.2) is 24.3 Å². The lowest BCUT2D eigenvalue weighted by Gasteiger charge is -2.00. The van der Waals surface area contributed by atoms with Crippen LogP contribution < -0.4 is 4.74 Å². The van der Waals surface area contributed by atoms with Crippen LogP contribution >= 0.6 is 23.1 Å². The Morgan fingerprint density at radius 2 is 2.15 bits per heavy atom. The van der Waals surface area contributed by atoms with E-state index in [1.165, 1.54) is 0 Å². The van der Waals surface area contributed by atoms with Crippen LogP contribution in [0.3, 0.4) is 0 Å². The first-order valence-corrected chi connectivity index (χ1v) is 4.59. The molecule has 0 aliphatic carbocycles. The van der Waals surface area contributed by atoms with Gasteiger partial charge in [-0.05, 0) is 17.3 Å². The Morgan fingerprint density at radius 1 is 1.31 bits per heavy atom. The normalized spacial score (nSPS) is 9.92. The number of hydrogen-bond donors (Lipinski definition) is 0. The van der Waals surface area contributed by atoms with Crippen LogP contribution in [0.1, 0.15) is 0 Å². The van der Waals surface area contributed by atoms with Gasteiger partial charge in [0, 0.05) is 11.5 Å². The number of benzene rings is 1. The van der Waals surface area contributed by atoms with Crippen molar-refractivity contribution >= 4 is 23.1 Å². The zero-order valence-electron chi connectivity index (χ0n) is 6.35. The highest BCUT2D eigenvalue weighted by atomic mass is 35.5. The van der Waals surface area contributed by atoms with E-state index in [4.69, 9.17) is 16.3 Å². The van der Waals surface area contributed by atoms with Crippen molar-refractivity contribution in [1.29, 1.82) is 0 Å². The molecule has 0 saturated heterocycles. The molecule has 0 spiro atoms. The number of ether oxygens (including phenoxy) is 1. The fourth-order valence-corrected chi connectivity index (χ4v) is 1.30. The summed E-state index contributed by atoms with van der Waals surface area (Å²) < 4.78 is 8.86. The van der Waals surface area contributed by atoms with E-state index in [1.54, 1.807) is 12.1 Å². The van der Waals surface area contributed by atoms with Gasteiger partial charge in [-0.25, -0.2) is 0 Å². The Labute approximate surface area is 83.3 Å². The van der Waals surface area contributed by atoms with Crippen LogP contribution in [-0.2, 0) is 0 Å². The summed E-state index contributed by atoms with van der Waals surface area (Å²) in [6.07, 6.45) is 0. The molecule has 0 radical (unpaired) electrons. The van der Waals surface area contributed by atoms with Crippen LogP contribution in [0.25, 0.3) is 0 Å². The maximum absolute atomic E-state index is 5.85. The topological polar surface area (TPSA) is 47.9 Å². The minimum Gasteiger partial charge on any atom is -0.427 e. The highest BCUT2D eigenvalue weighted by molar-refractivity contribution is 7.07. The van der Waals surface area contributed by atoms with Gasteiger partial charge in [-0.1, -0.05) is 33.3 Å². The van der Waals surface area contributed by atoms with E-state index in [2.05, 4.69) is 14.8 Å². The molecular formula is C7H4ClN3OS. The third-order valence-corrected chi connectivity index (χ3v) is 2.10. The summed E-state index contributed by atoms with van der Waals surface area (Å²) in [6, 6.07) is 7.15. The van der Waals surface area contributed by atoms with Gasteiger partial charge < -0.3 is 4.74 Å². The highest BCUT2D eigenvalue weighted by Gasteiger charge is 2.04. The number of halogens is 1. The Kier molecular flexibility index (Phi) is 2.37. The van der Waals surface area contributed by atoms with Crippen LogP contribution in [0, 0.1) is 0 Å². The van der Waals surface area contributed by atoms with Crippen molar-refractivity contribution in [3.63, 3.8) is 0 Å². The van der Waals surface area contributed by atoms with E-state index in [1.807, 2.05) is 12.1 Å². The standard InChI is InChI=1S/C7H4ClN3OS/c8-5-3-1-2-4-6(5)12-7-9-10-11-13-7/h1-4H. The van der Waals surface area contributed by atoms with Gasteiger partial charge in [0.1, 0.15) is 5.75 Å². The first kappa shape index (κ1) is 8.40. The summed E-state index contributed by atoms with van der Waals surface area (Å²) in [5.41, 5.74) is 0. The second-order valence-corrected chi connectivity index (χ2v) is 3.26. The Morgan fingerprint density at radius 3 is 2.85 bits per heavy atom. The van der Waals surface area contributed by atoms with Gasteiger partial charge in [0.15, 0.2) is 0 Å². The maximum atomic E-state index is 5.85. The van der Waals surface area contributed by atoms with E-state index in [0.29, 0.717) is 16.0 Å². The quantitative estimate of drug-likeness (QED) is 0.769. The summed E-state index contributed by atoms with van der Waals surface area (Å²) in [5, 5.41) is 7.95. The van der Waals surface area contributed by atoms with Crippen LogP contribution in [-0.4, -0.2) is 14.8 Å². The molecule has 2 rings (SSSR count). The number of nitrogens with zero attached hydrogens (tertiary/aromatic N) is 3. The molecule has 1 aromatic heterocycles. The van der Waals surface area contributed by atoms with Crippen molar-refractivity contribution < 1.29 is 4.74 Å². The average molecular weight is 214 g/mol. The molecule has 0 aliphatic rings. The Balaban J connectivity index is 2.24. The lowest BCUT2D eigenvalue weighted by molar-refractivity contribution is 0.473. The Hall–Kier alpha value is -1.20. The molecule has 0 fully saturated rings. The molecule has 66 valence electrons. The molecule has 0 N–H and O–H groups in total. The average Bonchev–Trinajstić information content (AvgIpc) is 2.61. The molecule has 0 bridgehead atoms. The third kappa shape index (κ3) is 1.93. The van der Waals surface area contributed by atoms with E-state index in [9.17, 15) is 0 Å². The molecule has 1 aromatic carbocycles. The lowest BCUT2D eigenvalue weighted by atomic mass is 10.3. The minimum absolute atomic E-state index is 0.383. The SMILES string of the molecule is Clc1ccccc1Oc1nnns1. The molecule has 0 aliphatic heterocycles. The highest BCUT2D eigenvalue weighted by Crippen LogP contribution is 2.28. The van der Waals surface area contributed by atoms with Gasteiger partial charge in [0.2, 0.25) is 0 Å². The first-order chi connectivity index (χ1) is 6.36. The molecule has 0 saturated carbocycles. The second kappa shape index (κ2) is 3.68. The van der Waals surface area contributed by atoms with Crippen molar-refractivity contribution in [2.75, 3.05) is 0 Å². The van der Waals surface area contributed by atoms with Gasteiger partial charge in [-0.3, -0.25) is 0 Å². The number of para-hydroxylation sites is 1. The second-order valence-electron chi connectivity index (χ2n) is 2.16. The van der Waals surface area contributed by atoms with Crippen molar-refractivity contribution in [1.82, 2.24) is 14.8 Å². The van der Waals surface area contributed by atoms with Gasteiger partial charge in [-0.15, -0.1) is 0 Å². The van der Waals surface area contributed by atoms with E-state index in [-0.39, 0.29) is 0 Å². The van der Waals surface area contributed by atoms with Crippen molar-refractivity contribution in [2.45, 2.75) is 0 Å². The van der Waals surface area contributed by atoms with Crippen LogP contribution in [0.4, 0.5) is 0 Å². The maximum Gasteiger partial charge on any atom is 0.319 e. The summed E-state index contributed by atoms with van der Waals surface area (Å²) in [6.45, 7) is 0. The molecule has 6 heteroatoms. The summed E-state index contributed by atoms with van der Waals surface area (Å²) in [4.78, 5) is 0. The molecule has 4 nitrogen and oxygen atoms in total. The Bertz CT molecular complexity index is 392.